The second-order valence-corrected chi connectivity index (χ2v) is 5.69. The topological polar surface area (TPSA) is 38.3 Å². The van der Waals surface area contributed by atoms with Crippen molar-refractivity contribution >= 4 is 5.91 Å². The number of hydrogen-bond acceptors (Lipinski definition) is 2. The number of aryl methyl sites for hydroxylation is 4. The average Bonchev–Trinajstić information content (AvgIpc) is 2.42. The SMILES string of the molecule is Cc1cccc(OCCNC(=O)c2c(C)cc(C)cc2C)c1. The molecular formula is C19H23NO2. The first-order valence-electron chi connectivity index (χ1n) is 7.53. The minimum absolute atomic E-state index is 0.0390. The van der Waals surface area contributed by atoms with Crippen LogP contribution in [-0.4, -0.2) is 19.1 Å². The molecule has 3 nitrogen and oxygen atoms in total. The van der Waals surface area contributed by atoms with E-state index in [9.17, 15) is 4.79 Å². The highest BCUT2D eigenvalue weighted by atomic mass is 16.5. The summed E-state index contributed by atoms with van der Waals surface area (Å²) in [5.74, 6) is 0.791. The van der Waals surface area contributed by atoms with Crippen molar-refractivity contribution in [3.05, 3.63) is 64.2 Å². The second kappa shape index (κ2) is 7.12. The Morgan fingerprint density at radius 1 is 1.00 bits per heavy atom. The average molecular weight is 297 g/mol. The molecule has 0 radical (unpaired) electrons. The van der Waals surface area contributed by atoms with E-state index in [1.54, 1.807) is 0 Å². The van der Waals surface area contributed by atoms with Crippen molar-refractivity contribution in [2.45, 2.75) is 27.7 Å². The summed E-state index contributed by atoms with van der Waals surface area (Å²) in [4.78, 5) is 12.3. The molecule has 0 spiro atoms. The number of hydrogen-bond donors (Lipinski definition) is 1. The second-order valence-electron chi connectivity index (χ2n) is 5.69. The molecule has 0 saturated carbocycles. The summed E-state index contributed by atoms with van der Waals surface area (Å²) in [5.41, 5.74) is 5.12. The molecule has 0 unspecified atom stereocenters. The summed E-state index contributed by atoms with van der Waals surface area (Å²) in [7, 11) is 0. The highest BCUT2D eigenvalue weighted by molar-refractivity contribution is 5.97. The Kier molecular flexibility index (Phi) is 5.21. The molecule has 116 valence electrons. The van der Waals surface area contributed by atoms with E-state index >= 15 is 0 Å². The molecule has 3 heteroatoms. The van der Waals surface area contributed by atoms with E-state index < -0.39 is 0 Å². The van der Waals surface area contributed by atoms with Gasteiger partial charge in [0.05, 0.1) is 6.54 Å². The van der Waals surface area contributed by atoms with Crippen LogP contribution in [0, 0.1) is 27.7 Å². The van der Waals surface area contributed by atoms with Crippen molar-refractivity contribution in [3.63, 3.8) is 0 Å². The maximum Gasteiger partial charge on any atom is 0.251 e. The third kappa shape index (κ3) is 4.10. The van der Waals surface area contributed by atoms with E-state index in [1.807, 2.05) is 64.1 Å². The summed E-state index contributed by atoms with van der Waals surface area (Å²) < 4.78 is 5.64. The molecule has 0 saturated heterocycles. The first-order valence-corrected chi connectivity index (χ1v) is 7.53. The number of amides is 1. The lowest BCUT2D eigenvalue weighted by atomic mass is 9.99. The number of nitrogens with one attached hydrogen (secondary N) is 1. The van der Waals surface area contributed by atoms with Crippen LogP contribution >= 0.6 is 0 Å². The minimum Gasteiger partial charge on any atom is -0.492 e. The molecule has 1 amide bonds. The number of benzene rings is 2. The van der Waals surface area contributed by atoms with Gasteiger partial charge < -0.3 is 10.1 Å². The Labute approximate surface area is 132 Å². The predicted octanol–water partition coefficient (Wildman–Crippen LogP) is 3.73. The van der Waals surface area contributed by atoms with Crippen LogP contribution in [0.2, 0.25) is 0 Å². The lowest BCUT2D eigenvalue weighted by molar-refractivity contribution is 0.0945. The van der Waals surface area contributed by atoms with Gasteiger partial charge in [0.2, 0.25) is 0 Å². The molecular weight excluding hydrogens is 274 g/mol. The quantitative estimate of drug-likeness (QED) is 0.854. The van der Waals surface area contributed by atoms with Crippen molar-refractivity contribution in [3.8, 4) is 5.75 Å². The number of carbonyl (C=O) groups is 1. The molecule has 0 aromatic heterocycles. The van der Waals surface area contributed by atoms with Gasteiger partial charge >= 0.3 is 0 Å². The zero-order valence-corrected chi connectivity index (χ0v) is 13.7. The number of rotatable bonds is 5. The fourth-order valence-corrected chi connectivity index (χ4v) is 2.67. The van der Waals surface area contributed by atoms with Gasteiger partial charge in [-0.3, -0.25) is 4.79 Å². The summed E-state index contributed by atoms with van der Waals surface area (Å²) in [6, 6.07) is 12.0. The van der Waals surface area contributed by atoms with E-state index in [4.69, 9.17) is 4.74 Å². The normalized spacial score (nSPS) is 10.4. The molecule has 0 aliphatic carbocycles. The van der Waals surface area contributed by atoms with Crippen LogP contribution < -0.4 is 10.1 Å². The molecule has 22 heavy (non-hydrogen) atoms. The first kappa shape index (κ1) is 16.1. The van der Waals surface area contributed by atoms with Gasteiger partial charge in [0.25, 0.3) is 5.91 Å². The molecule has 0 heterocycles. The monoisotopic (exact) mass is 297 g/mol. The van der Waals surface area contributed by atoms with Crippen LogP contribution in [0.3, 0.4) is 0 Å². The van der Waals surface area contributed by atoms with Gasteiger partial charge in [0.1, 0.15) is 12.4 Å². The zero-order valence-electron chi connectivity index (χ0n) is 13.7. The van der Waals surface area contributed by atoms with Crippen molar-refractivity contribution in [2.75, 3.05) is 13.2 Å². The predicted molar refractivity (Wildman–Crippen MR) is 89.7 cm³/mol. The highest BCUT2D eigenvalue weighted by Crippen LogP contribution is 2.16. The summed E-state index contributed by atoms with van der Waals surface area (Å²) in [5, 5.41) is 2.92. The van der Waals surface area contributed by atoms with Gasteiger partial charge in [-0.2, -0.15) is 0 Å². The molecule has 0 fully saturated rings. The molecule has 0 aliphatic rings. The lowest BCUT2D eigenvalue weighted by Crippen LogP contribution is -2.29. The van der Waals surface area contributed by atoms with Gasteiger partial charge in [-0.15, -0.1) is 0 Å². The lowest BCUT2D eigenvalue weighted by Gasteiger charge is -2.12. The molecule has 0 bridgehead atoms. The van der Waals surface area contributed by atoms with E-state index in [2.05, 4.69) is 5.32 Å². The van der Waals surface area contributed by atoms with E-state index in [0.717, 1.165) is 28.0 Å². The zero-order chi connectivity index (χ0) is 16.1. The van der Waals surface area contributed by atoms with E-state index in [-0.39, 0.29) is 5.91 Å². The number of carbonyl (C=O) groups excluding carboxylic acids is 1. The van der Waals surface area contributed by atoms with Crippen LogP contribution in [0.1, 0.15) is 32.6 Å². The Morgan fingerprint density at radius 3 is 2.32 bits per heavy atom. The van der Waals surface area contributed by atoms with Crippen LogP contribution in [0.5, 0.6) is 5.75 Å². The first-order chi connectivity index (χ1) is 10.5. The molecule has 2 aromatic rings. The van der Waals surface area contributed by atoms with Gasteiger partial charge in [-0.1, -0.05) is 29.8 Å². The van der Waals surface area contributed by atoms with Crippen LogP contribution in [-0.2, 0) is 0 Å². The third-order valence-corrected chi connectivity index (χ3v) is 3.55. The summed E-state index contributed by atoms with van der Waals surface area (Å²) in [6.07, 6.45) is 0. The molecule has 2 aromatic carbocycles. The molecule has 2 rings (SSSR count). The Bertz CT molecular complexity index is 654. The van der Waals surface area contributed by atoms with Crippen molar-refractivity contribution in [1.29, 1.82) is 0 Å². The van der Waals surface area contributed by atoms with Crippen LogP contribution in [0.4, 0.5) is 0 Å². The minimum atomic E-state index is -0.0390. The van der Waals surface area contributed by atoms with E-state index in [1.165, 1.54) is 5.56 Å². The maximum absolute atomic E-state index is 12.3. The molecule has 1 N–H and O–H groups in total. The van der Waals surface area contributed by atoms with Crippen LogP contribution in [0.15, 0.2) is 36.4 Å². The van der Waals surface area contributed by atoms with Gasteiger partial charge in [0, 0.05) is 5.56 Å². The fraction of sp³-hybridized carbons (Fsp3) is 0.316. The molecule has 0 atom stereocenters. The van der Waals surface area contributed by atoms with Crippen molar-refractivity contribution < 1.29 is 9.53 Å². The highest BCUT2D eigenvalue weighted by Gasteiger charge is 2.12. The van der Waals surface area contributed by atoms with E-state index in [0.29, 0.717) is 13.2 Å². The smallest absolute Gasteiger partial charge is 0.251 e. The summed E-state index contributed by atoms with van der Waals surface area (Å²) >= 11 is 0. The molecule has 0 aliphatic heterocycles. The van der Waals surface area contributed by atoms with Crippen molar-refractivity contribution in [1.82, 2.24) is 5.32 Å². The largest absolute Gasteiger partial charge is 0.492 e. The fourth-order valence-electron chi connectivity index (χ4n) is 2.67. The van der Waals surface area contributed by atoms with Crippen molar-refractivity contribution in [2.24, 2.45) is 0 Å². The van der Waals surface area contributed by atoms with Gasteiger partial charge in [-0.25, -0.2) is 0 Å². The summed E-state index contributed by atoms with van der Waals surface area (Å²) in [6.45, 7) is 8.95. The third-order valence-electron chi connectivity index (χ3n) is 3.55. The van der Waals surface area contributed by atoms with Gasteiger partial charge in [-0.05, 0) is 56.5 Å². The Hall–Kier alpha value is -2.29. The van der Waals surface area contributed by atoms with Crippen LogP contribution in [0.25, 0.3) is 0 Å². The van der Waals surface area contributed by atoms with Gasteiger partial charge in [0.15, 0.2) is 0 Å². The number of ether oxygens (including phenoxy) is 1. The standard InChI is InChI=1S/C19H23NO2/c1-13-6-5-7-17(12-13)22-9-8-20-19(21)18-15(3)10-14(2)11-16(18)4/h5-7,10-12H,8-9H2,1-4H3,(H,20,21). The Morgan fingerprint density at radius 2 is 1.68 bits per heavy atom. The maximum atomic E-state index is 12.3. The Balaban J connectivity index is 1.88.